The molecule has 0 fully saturated rings. The van der Waals surface area contributed by atoms with E-state index in [4.69, 9.17) is 10.2 Å². The summed E-state index contributed by atoms with van der Waals surface area (Å²) in [7, 11) is 0. The van der Waals surface area contributed by atoms with Crippen molar-refractivity contribution in [2.45, 2.75) is 57.7 Å². The molecule has 2 unspecified atom stereocenters. The first-order valence-corrected chi connectivity index (χ1v) is 5.10. The number of aliphatic hydroxyl groups excluding tert-OH is 2. The SMILES string of the molecule is CC(O)CCCCCC(O)CC(=O)O. The van der Waals surface area contributed by atoms with E-state index >= 15 is 0 Å². The number of hydrogen-bond donors (Lipinski definition) is 3. The van der Waals surface area contributed by atoms with E-state index in [0.29, 0.717) is 6.42 Å². The zero-order chi connectivity index (χ0) is 11.0. The summed E-state index contributed by atoms with van der Waals surface area (Å²) in [5, 5.41) is 26.5. The highest BCUT2D eigenvalue weighted by molar-refractivity contribution is 5.67. The van der Waals surface area contributed by atoms with E-state index < -0.39 is 12.1 Å². The fourth-order valence-corrected chi connectivity index (χ4v) is 1.30. The Morgan fingerprint density at radius 3 is 2.21 bits per heavy atom. The Morgan fingerprint density at radius 2 is 1.71 bits per heavy atom. The first-order valence-electron chi connectivity index (χ1n) is 5.10. The number of carboxylic acid groups (broad SMARTS) is 1. The predicted octanol–water partition coefficient (Wildman–Crippen LogP) is 1.15. The summed E-state index contributed by atoms with van der Waals surface area (Å²) in [5.74, 6) is -0.957. The quantitative estimate of drug-likeness (QED) is 0.518. The molecule has 2 atom stereocenters. The van der Waals surface area contributed by atoms with Gasteiger partial charge in [0, 0.05) is 0 Å². The zero-order valence-electron chi connectivity index (χ0n) is 8.65. The van der Waals surface area contributed by atoms with E-state index in [9.17, 15) is 9.90 Å². The third kappa shape index (κ3) is 9.48. The van der Waals surface area contributed by atoms with Crippen LogP contribution in [0.3, 0.4) is 0 Å². The van der Waals surface area contributed by atoms with Gasteiger partial charge in [0.05, 0.1) is 18.6 Å². The third-order valence-corrected chi connectivity index (χ3v) is 2.07. The van der Waals surface area contributed by atoms with Crippen LogP contribution in [-0.4, -0.2) is 33.5 Å². The maximum atomic E-state index is 10.2. The molecule has 14 heavy (non-hydrogen) atoms. The molecular formula is C10H20O4. The molecule has 4 heteroatoms. The van der Waals surface area contributed by atoms with Crippen molar-refractivity contribution in [3.05, 3.63) is 0 Å². The first kappa shape index (κ1) is 13.4. The molecule has 0 aliphatic rings. The second-order valence-corrected chi connectivity index (χ2v) is 3.74. The summed E-state index contributed by atoms with van der Waals surface area (Å²) < 4.78 is 0. The minimum Gasteiger partial charge on any atom is -0.481 e. The van der Waals surface area contributed by atoms with E-state index in [2.05, 4.69) is 0 Å². The number of carboxylic acids is 1. The van der Waals surface area contributed by atoms with Crippen molar-refractivity contribution in [2.24, 2.45) is 0 Å². The van der Waals surface area contributed by atoms with Gasteiger partial charge in [-0.05, 0) is 19.8 Å². The van der Waals surface area contributed by atoms with Gasteiger partial charge < -0.3 is 15.3 Å². The van der Waals surface area contributed by atoms with E-state index in [-0.39, 0.29) is 12.5 Å². The molecule has 84 valence electrons. The molecule has 4 nitrogen and oxygen atoms in total. The fraction of sp³-hybridized carbons (Fsp3) is 0.900. The zero-order valence-corrected chi connectivity index (χ0v) is 8.65. The summed E-state index contributed by atoms with van der Waals surface area (Å²) in [6, 6.07) is 0. The predicted molar refractivity (Wildman–Crippen MR) is 53.0 cm³/mol. The molecule has 0 saturated carbocycles. The molecule has 0 spiro atoms. The minimum atomic E-state index is -0.957. The van der Waals surface area contributed by atoms with Gasteiger partial charge in [0.2, 0.25) is 0 Å². The average Bonchev–Trinajstić information content (AvgIpc) is 2.01. The van der Waals surface area contributed by atoms with Crippen molar-refractivity contribution >= 4 is 5.97 Å². The number of carbonyl (C=O) groups is 1. The molecular weight excluding hydrogens is 184 g/mol. The van der Waals surface area contributed by atoms with Gasteiger partial charge in [-0.1, -0.05) is 19.3 Å². The van der Waals surface area contributed by atoms with Crippen LogP contribution in [0.1, 0.15) is 45.4 Å². The van der Waals surface area contributed by atoms with Crippen molar-refractivity contribution in [1.29, 1.82) is 0 Å². The molecule has 3 N–H and O–H groups in total. The van der Waals surface area contributed by atoms with Gasteiger partial charge in [-0.15, -0.1) is 0 Å². The smallest absolute Gasteiger partial charge is 0.305 e. The van der Waals surface area contributed by atoms with Gasteiger partial charge in [-0.3, -0.25) is 4.79 Å². The fourth-order valence-electron chi connectivity index (χ4n) is 1.30. The molecule has 0 aliphatic carbocycles. The molecule has 0 aliphatic heterocycles. The van der Waals surface area contributed by atoms with Crippen LogP contribution in [-0.2, 0) is 4.79 Å². The van der Waals surface area contributed by atoms with E-state index in [1.165, 1.54) is 0 Å². The second kappa shape index (κ2) is 7.76. The van der Waals surface area contributed by atoms with Crippen molar-refractivity contribution in [1.82, 2.24) is 0 Å². The van der Waals surface area contributed by atoms with Crippen LogP contribution in [0.25, 0.3) is 0 Å². The standard InChI is InChI=1S/C10H20O4/c1-8(11)5-3-2-4-6-9(12)7-10(13)14/h8-9,11-12H,2-7H2,1H3,(H,13,14). The molecule has 0 aromatic rings. The maximum Gasteiger partial charge on any atom is 0.305 e. The minimum absolute atomic E-state index is 0.170. The highest BCUT2D eigenvalue weighted by atomic mass is 16.4. The monoisotopic (exact) mass is 204 g/mol. The Hall–Kier alpha value is -0.610. The molecule has 0 saturated heterocycles. The van der Waals surface area contributed by atoms with Crippen molar-refractivity contribution in [2.75, 3.05) is 0 Å². The summed E-state index contributed by atoms with van der Waals surface area (Å²) in [6.07, 6.45) is 2.83. The normalized spacial score (nSPS) is 15.1. The van der Waals surface area contributed by atoms with Crippen LogP contribution in [0, 0.1) is 0 Å². The van der Waals surface area contributed by atoms with Gasteiger partial charge in [-0.25, -0.2) is 0 Å². The molecule has 0 amide bonds. The molecule has 0 heterocycles. The van der Waals surface area contributed by atoms with Crippen LogP contribution in [0.15, 0.2) is 0 Å². The number of hydrogen-bond acceptors (Lipinski definition) is 3. The first-order chi connectivity index (χ1) is 6.52. The Morgan fingerprint density at radius 1 is 1.14 bits per heavy atom. The maximum absolute atomic E-state index is 10.2. The highest BCUT2D eigenvalue weighted by Crippen LogP contribution is 2.09. The van der Waals surface area contributed by atoms with Gasteiger partial charge in [-0.2, -0.15) is 0 Å². The highest BCUT2D eigenvalue weighted by Gasteiger charge is 2.08. The lowest BCUT2D eigenvalue weighted by Gasteiger charge is -2.07. The molecule has 0 aromatic carbocycles. The van der Waals surface area contributed by atoms with E-state index in [0.717, 1.165) is 25.7 Å². The van der Waals surface area contributed by atoms with Gasteiger partial charge in [0.1, 0.15) is 0 Å². The van der Waals surface area contributed by atoms with E-state index in [1.807, 2.05) is 0 Å². The Labute approximate surface area is 84.6 Å². The summed E-state index contributed by atoms with van der Waals surface area (Å²) in [6.45, 7) is 1.75. The molecule has 0 rings (SSSR count). The number of aliphatic hydroxyl groups is 2. The van der Waals surface area contributed by atoms with Crippen molar-refractivity contribution in [3.63, 3.8) is 0 Å². The molecule has 0 radical (unpaired) electrons. The number of aliphatic carboxylic acids is 1. The van der Waals surface area contributed by atoms with Gasteiger partial charge >= 0.3 is 5.97 Å². The Bertz CT molecular complexity index is 156. The van der Waals surface area contributed by atoms with Crippen molar-refractivity contribution in [3.8, 4) is 0 Å². The summed E-state index contributed by atoms with van der Waals surface area (Å²) >= 11 is 0. The van der Waals surface area contributed by atoms with E-state index in [1.54, 1.807) is 6.92 Å². The van der Waals surface area contributed by atoms with Crippen LogP contribution in [0.2, 0.25) is 0 Å². The molecule has 0 aromatic heterocycles. The van der Waals surface area contributed by atoms with Gasteiger partial charge in [0.15, 0.2) is 0 Å². The third-order valence-electron chi connectivity index (χ3n) is 2.07. The lowest BCUT2D eigenvalue weighted by molar-refractivity contribution is -0.139. The largest absolute Gasteiger partial charge is 0.481 e. The lowest BCUT2D eigenvalue weighted by atomic mass is 10.1. The van der Waals surface area contributed by atoms with Crippen LogP contribution in [0.4, 0.5) is 0 Å². The number of unbranched alkanes of at least 4 members (excludes halogenated alkanes) is 2. The summed E-state index contributed by atoms with van der Waals surface area (Å²) in [4.78, 5) is 10.2. The van der Waals surface area contributed by atoms with Gasteiger partial charge in [0.25, 0.3) is 0 Å². The second-order valence-electron chi connectivity index (χ2n) is 3.74. The lowest BCUT2D eigenvalue weighted by Crippen LogP contribution is -2.12. The van der Waals surface area contributed by atoms with Crippen LogP contribution in [0.5, 0.6) is 0 Å². The molecule has 0 bridgehead atoms. The van der Waals surface area contributed by atoms with Crippen molar-refractivity contribution < 1.29 is 20.1 Å². The topological polar surface area (TPSA) is 77.8 Å². The average molecular weight is 204 g/mol. The number of rotatable bonds is 8. The van der Waals surface area contributed by atoms with Crippen LogP contribution >= 0.6 is 0 Å². The Balaban J connectivity index is 3.23. The van der Waals surface area contributed by atoms with Crippen LogP contribution < -0.4 is 0 Å². The Kier molecular flexibility index (Phi) is 7.42. The summed E-state index contributed by atoms with van der Waals surface area (Å²) in [5.41, 5.74) is 0.